The van der Waals surface area contributed by atoms with Gasteiger partial charge in [0, 0.05) is 44.2 Å². The van der Waals surface area contributed by atoms with Crippen LogP contribution in [0.15, 0.2) is 36.4 Å². The molecule has 0 saturated carbocycles. The van der Waals surface area contributed by atoms with Gasteiger partial charge in [-0.3, -0.25) is 4.79 Å². The van der Waals surface area contributed by atoms with Crippen LogP contribution in [0.2, 0.25) is 0 Å². The third-order valence-corrected chi connectivity index (χ3v) is 8.35. The summed E-state index contributed by atoms with van der Waals surface area (Å²) in [7, 11) is 0. The maximum atomic E-state index is 14.0. The number of amides is 1. The van der Waals surface area contributed by atoms with E-state index in [1.165, 1.54) is 19.1 Å². The lowest BCUT2D eigenvalue weighted by Gasteiger charge is -2.34. The first kappa shape index (κ1) is 29.8. The number of alkyl halides is 6. The number of fused-ring (bicyclic) bond motifs is 1. The van der Waals surface area contributed by atoms with Crippen molar-refractivity contribution in [3.8, 4) is 0 Å². The van der Waals surface area contributed by atoms with E-state index in [9.17, 15) is 35.5 Å². The molecule has 0 aromatic heterocycles. The van der Waals surface area contributed by atoms with E-state index in [4.69, 9.17) is 9.47 Å². The van der Waals surface area contributed by atoms with E-state index in [1.807, 2.05) is 0 Å². The molecule has 5 nitrogen and oxygen atoms in total. The lowest BCUT2D eigenvalue weighted by molar-refractivity contribution is -0.143. The van der Waals surface area contributed by atoms with Gasteiger partial charge in [-0.15, -0.1) is 0 Å². The van der Waals surface area contributed by atoms with Crippen molar-refractivity contribution in [2.75, 3.05) is 19.8 Å². The van der Waals surface area contributed by atoms with Gasteiger partial charge in [0.2, 0.25) is 5.91 Å². The van der Waals surface area contributed by atoms with Crippen LogP contribution in [0.5, 0.6) is 0 Å². The SMILES string of the molecule is Cc1cc(F)ccc1C1[C@@H]2C(NC3CCOCC3)CC(=O)N2C[C@@H]1O[C@H](C)c1cc(C(F)(F)F)cc(C(F)(F)F)c1. The zero-order chi connectivity index (χ0) is 29.7. The van der Waals surface area contributed by atoms with Gasteiger partial charge in [0.05, 0.1) is 29.4 Å². The third-order valence-electron chi connectivity index (χ3n) is 8.35. The molecule has 3 saturated heterocycles. The first-order chi connectivity index (χ1) is 19.2. The number of hydrogen-bond donors (Lipinski definition) is 1. The summed E-state index contributed by atoms with van der Waals surface area (Å²) in [5, 5.41) is 3.58. The fourth-order valence-corrected chi connectivity index (χ4v) is 6.41. The van der Waals surface area contributed by atoms with E-state index in [1.54, 1.807) is 17.9 Å². The molecular formula is C29H31F7N2O3. The second-order valence-electron chi connectivity index (χ2n) is 11.1. The summed E-state index contributed by atoms with van der Waals surface area (Å²) in [5.41, 5.74) is -1.81. The topological polar surface area (TPSA) is 50.8 Å². The number of hydrogen-bond acceptors (Lipinski definition) is 4. The first-order valence-electron chi connectivity index (χ1n) is 13.6. The Morgan fingerprint density at radius 3 is 2.22 bits per heavy atom. The number of nitrogens with zero attached hydrogens (tertiary/aromatic N) is 1. The molecule has 3 aliphatic rings. The van der Waals surface area contributed by atoms with Gasteiger partial charge >= 0.3 is 12.4 Å². The van der Waals surface area contributed by atoms with Gasteiger partial charge in [-0.05, 0) is 73.7 Å². The number of rotatable bonds is 6. The molecule has 3 aliphatic heterocycles. The largest absolute Gasteiger partial charge is 0.416 e. The molecule has 41 heavy (non-hydrogen) atoms. The Morgan fingerprint density at radius 2 is 1.63 bits per heavy atom. The van der Waals surface area contributed by atoms with Crippen molar-refractivity contribution in [1.29, 1.82) is 0 Å². The molecule has 2 unspecified atom stereocenters. The summed E-state index contributed by atoms with van der Waals surface area (Å²) < 4.78 is 107. The molecule has 224 valence electrons. The third kappa shape index (κ3) is 6.24. The molecule has 2 aromatic rings. The summed E-state index contributed by atoms with van der Waals surface area (Å²) in [5.74, 6) is -1.06. The highest BCUT2D eigenvalue weighted by molar-refractivity contribution is 5.81. The Kier molecular flexibility index (Phi) is 8.12. The first-order valence-corrected chi connectivity index (χ1v) is 13.6. The van der Waals surface area contributed by atoms with Gasteiger partial charge in [0.15, 0.2) is 0 Å². The van der Waals surface area contributed by atoms with Gasteiger partial charge in [0.1, 0.15) is 5.82 Å². The minimum absolute atomic E-state index is 0.0812. The fourth-order valence-electron chi connectivity index (χ4n) is 6.41. The number of ether oxygens (including phenoxy) is 2. The number of halogens is 7. The van der Waals surface area contributed by atoms with Crippen molar-refractivity contribution in [2.24, 2.45) is 0 Å². The highest BCUT2D eigenvalue weighted by Gasteiger charge is 2.54. The smallest absolute Gasteiger partial charge is 0.381 e. The number of benzene rings is 2. The van der Waals surface area contributed by atoms with Gasteiger partial charge in [-0.25, -0.2) is 4.39 Å². The van der Waals surface area contributed by atoms with E-state index >= 15 is 0 Å². The predicted molar refractivity (Wildman–Crippen MR) is 134 cm³/mol. The summed E-state index contributed by atoms with van der Waals surface area (Å²) in [6.07, 6.45) is -10.1. The van der Waals surface area contributed by atoms with Crippen LogP contribution in [0.3, 0.4) is 0 Å². The van der Waals surface area contributed by atoms with Crippen LogP contribution >= 0.6 is 0 Å². The minimum atomic E-state index is -4.99. The Bertz CT molecular complexity index is 1240. The molecule has 5 rings (SSSR count). The maximum Gasteiger partial charge on any atom is 0.416 e. The van der Waals surface area contributed by atoms with Crippen molar-refractivity contribution in [3.05, 3.63) is 70.0 Å². The zero-order valence-electron chi connectivity index (χ0n) is 22.5. The zero-order valence-corrected chi connectivity index (χ0v) is 22.5. The average molecular weight is 589 g/mol. The van der Waals surface area contributed by atoms with E-state index in [0.29, 0.717) is 36.5 Å². The van der Waals surface area contributed by atoms with Crippen molar-refractivity contribution >= 4 is 5.91 Å². The molecule has 3 heterocycles. The Morgan fingerprint density at radius 1 is 1.00 bits per heavy atom. The molecule has 1 amide bonds. The van der Waals surface area contributed by atoms with Gasteiger partial charge < -0.3 is 19.7 Å². The van der Waals surface area contributed by atoms with Gasteiger partial charge in [0.25, 0.3) is 0 Å². The Labute approximate surface area is 233 Å². The number of aryl methyl sites for hydroxylation is 1. The lowest BCUT2D eigenvalue weighted by Crippen LogP contribution is -2.48. The second-order valence-corrected chi connectivity index (χ2v) is 11.1. The molecule has 12 heteroatoms. The normalized spacial score (nSPS) is 26.5. The molecule has 2 aromatic carbocycles. The number of carbonyl (C=O) groups excluding carboxylic acids is 1. The standard InChI is InChI=1S/C29H31F7N2O3/c1-15-9-20(30)3-4-22(15)26-24(14-38-25(39)13-23(27(26)38)37-21-5-7-40-8-6-21)41-16(2)17-10-18(28(31,32)33)12-19(11-17)29(34,35)36/h3-4,9-12,16,21,23-24,26-27,37H,5-8,13-14H2,1-2H3/t16-,23?,24+,26?,27+/m1/s1. The van der Waals surface area contributed by atoms with Crippen molar-refractivity contribution in [3.63, 3.8) is 0 Å². The summed E-state index contributed by atoms with van der Waals surface area (Å²) in [4.78, 5) is 14.8. The Hall–Kier alpha value is -2.70. The van der Waals surface area contributed by atoms with Crippen LogP contribution in [0.1, 0.15) is 66.0 Å². The van der Waals surface area contributed by atoms with E-state index < -0.39 is 47.4 Å². The molecule has 1 N–H and O–H groups in total. The monoisotopic (exact) mass is 588 g/mol. The lowest BCUT2D eigenvalue weighted by atomic mass is 9.83. The maximum absolute atomic E-state index is 14.0. The van der Waals surface area contributed by atoms with E-state index in [0.717, 1.165) is 12.8 Å². The molecule has 0 spiro atoms. The second kappa shape index (κ2) is 11.2. The summed E-state index contributed by atoms with van der Waals surface area (Å²) >= 11 is 0. The van der Waals surface area contributed by atoms with Crippen LogP contribution in [-0.4, -0.2) is 54.8 Å². The quantitative estimate of drug-likeness (QED) is 0.412. The van der Waals surface area contributed by atoms with Gasteiger partial charge in [-0.1, -0.05) is 6.07 Å². The highest BCUT2D eigenvalue weighted by Crippen LogP contribution is 2.45. The minimum Gasteiger partial charge on any atom is -0.381 e. The van der Waals surface area contributed by atoms with Gasteiger partial charge in [-0.2, -0.15) is 26.3 Å². The average Bonchev–Trinajstić information content (AvgIpc) is 3.40. The molecule has 3 fully saturated rings. The highest BCUT2D eigenvalue weighted by atomic mass is 19.4. The molecule has 0 aliphatic carbocycles. The van der Waals surface area contributed by atoms with Crippen LogP contribution in [0, 0.1) is 12.7 Å². The van der Waals surface area contributed by atoms with Crippen LogP contribution in [0.4, 0.5) is 30.7 Å². The number of nitrogens with one attached hydrogen (secondary N) is 1. The fraction of sp³-hybridized carbons (Fsp3) is 0.552. The molecule has 0 radical (unpaired) electrons. The van der Waals surface area contributed by atoms with Crippen molar-refractivity contribution in [2.45, 2.75) is 81.7 Å². The Balaban J connectivity index is 1.49. The van der Waals surface area contributed by atoms with Crippen molar-refractivity contribution < 1.29 is 45.0 Å². The van der Waals surface area contributed by atoms with E-state index in [2.05, 4.69) is 5.32 Å². The molecular weight excluding hydrogens is 557 g/mol. The predicted octanol–water partition coefficient (Wildman–Crippen LogP) is 6.15. The summed E-state index contributed by atoms with van der Waals surface area (Å²) in [6.45, 7) is 4.40. The summed E-state index contributed by atoms with van der Waals surface area (Å²) in [6, 6.07) is 5.14. The van der Waals surface area contributed by atoms with Crippen LogP contribution in [-0.2, 0) is 26.6 Å². The van der Waals surface area contributed by atoms with E-state index in [-0.39, 0.29) is 48.6 Å². The van der Waals surface area contributed by atoms with Crippen molar-refractivity contribution in [1.82, 2.24) is 10.2 Å². The number of carbonyl (C=O) groups is 1. The van der Waals surface area contributed by atoms with Crippen LogP contribution < -0.4 is 5.32 Å². The molecule has 5 atom stereocenters. The van der Waals surface area contributed by atoms with Crippen LogP contribution in [0.25, 0.3) is 0 Å². The molecule has 0 bridgehead atoms.